The maximum absolute atomic E-state index is 12.5. The van der Waals surface area contributed by atoms with Crippen molar-refractivity contribution in [2.45, 2.75) is 17.2 Å². The zero-order valence-electron chi connectivity index (χ0n) is 15.8. The van der Waals surface area contributed by atoms with Crippen molar-refractivity contribution in [3.8, 4) is 0 Å². The number of benzene rings is 2. The predicted molar refractivity (Wildman–Crippen MR) is 110 cm³/mol. The summed E-state index contributed by atoms with van der Waals surface area (Å²) in [5.74, 6) is 0.696. The van der Waals surface area contributed by atoms with Crippen LogP contribution in [0.25, 0.3) is 0 Å². The predicted octanol–water partition coefficient (Wildman–Crippen LogP) is 4.20. The van der Waals surface area contributed by atoms with Gasteiger partial charge in [-0.05, 0) is 35.9 Å². The van der Waals surface area contributed by atoms with E-state index in [0.29, 0.717) is 23.6 Å². The molecule has 0 bridgehead atoms. The maximum Gasteiger partial charge on any atom is 0.287 e. The van der Waals surface area contributed by atoms with Crippen LogP contribution in [0.4, 0.5) is 0 Å². The van der Waals surface area contributed by atoms with Gasteiger partial charge in [-0.15, -0.1) is 11.8 Å². The molecule has 0 saturated heterocycles. The lowest BCUT2D eigenvalue weighted by atomic mass is 10.1. The molecule has 0 aliphatic heterocycles. The van der Waals surface area contributed by atoms with Gasteiger partial charge in [0, 0.05) is 42.4 Å². The maximum atomic E-state index is 12.5. The average molecular weight is 394 g/mol. The van der Waals surface area contributed by atoms with Gasteiger partial charge < -0.3 is 14.6 Å². The second kappa shape index (κ2) is 9.28. The SMILES string of the molecule is CN(C)C(=O)c1ccc(CNC(=O)c2occc2CSc2ccccc2)cc1. The van der Waals surface area contributed by atoms with Crippen molar-refractivity contribution in [2.24, 2.45) is 0 Å². The highest BCUT2D eigenvalue weighted by molar-refractivity contribution is 7.98. The lowest BCUT2D eigenvalue weighted by molar-refractivity contribution is 0.0827. The van der Waals surface area contributed by atoms with Crippen molar-refractivity contribution in [3.05, 3.63) is 89.4 Å². The zero-order valence-corrected chi connectivity index (χ0v) is 16.7. The number of carbonyl (C=O) groups excluding carboxylic acids is 2. The molecule has 2 aromatic carbocycles. The van der Waals surface area contributed by atoms with Crippen LogP contribution in [0.2, 0.25) is 0 Å². The summed E-state index contributed by atoms with van der Waals surface area (Å²) in [6.07, 6.45) is 1.54. The molecule has 2 amide bonds. The topological polar surface area (TPSA) is 62.6 Å². The minimum Gasteiger partial charge on any atom is -0.459 e. The molecule has 0 atom stereocenters. The molecular weight excluding hydrogens is 372 g/mol. The molecule has 28 heavy (non-hydrogen) atoms. The minimum atomic E-state index is -0.248. The Balaban J connectivity index is 1.57. The van der Waals surface area contributed by atoms with Gasteiger partial charge in [0.1, 0.15) is 0 Å². The van der Waals surface area contributed by atoms with E-state index in [1.807, 2.05) is 48.5 Å². The fourth-order valence-electron chi connectivity index (χ4n) is 2.61. The van der Waals surface area contributed by atoms with E-state index in [-0.39, 0.29) is 11.8 Å². The largest absolute Gasteiger partial charge is 0.459 e. The molecular formula is C22H22N2O3S. The van der Waals surface area contributed by atoms with Crippen LogP contribution in [0.1, 0.15) is 32.0 Å². The highest BCUT2D eigenvalue weighted by Crippen LogP contribution is 2.24. The third-order valence-corrected chi connectivity index (χ3v) is 5.21. The Morgan fingerprint density at radius 3 is 2.39 bits per heavy atom. The Bertz CT molecular complexity index is 934. The molecule has 0 fully saturated rings. The second-order valence-electron chi connectivity index (χ2n) is 6.46. The van der Waals surface area contributed by atoms with Gasteiger partial charge in [0.2, 0.25) is 0 Å². The van der Waals surface area contributed by atoms with Crippen molar-refractivity contribution >= 4 is 23.6 Å². The molecule has 1 aromatic heterocycles. The van der Waals surface area contributed by atoms with Crippen LogP contribution in [-0.4, -0.2) is 30.8 Å². The summed E-state index contributed by atoms with van der Waals surface area (Å²) in [5.41, 5.74) is 2.39. The van der Waals surface area contributed by atoms with Crippen LogP contribution in [0.5, 0.6) is 0 Å². The normalized spacial score (nSPS) is 10.5. The van der Waals surface area contributed by atoms with Crippen molar-refractivity contribution in [1.29, 1.82) is 0 Å². The molecule has 0 aliphatic carbocycles. The monoisotopic (exact) mass is 394 g/mol. The number of amides is 2. The van der Waals surface area contributed by atoms with Crippen LogP contribution in [0, 0.1) is 0 Å². The number of nitrogens with zero attached hydrogens (tertiary/aromatic N) is 1. The van der Waals surface area contributed by atoms with Crippen molar-refractivity contribution in [2.75, 3.05) is 14.1 Å². The van der Waals surface area contributed by atoms with E-state index in [0.717, 1.165) is 16.0 Å². The lowest BCUT2D eigenvalue weighted by Crippen LogP contribution is -2.23. The van der Waals surface area contributed by atoms with E-state index >= 15 is 0 Å². The summed E-state index contributed by atoms with van der Waals surface area (Å²) >= 11 is 1.65. The van der Waals surface area contributed by atoms with Gasteiger partial charge in [-0.1, -0.05) is 30.3 Å². The third kappa shape index (κ3) is 5.04. The smallest absolute Gasteiger partial charge is 0.287 e. The molecule has 1 N–H and O–H groups in total. The summed E-state index contributed by atoms with van der Waals surface area (Å²) in [6.45, 7) is 0.362. The first kappa shape index (κ1) is 19.8. The van der Waals surface area contributed by atoms with Gasteiger partial charge in [0.15, 0.2) is 5.76 Å². The van der Waals surface area contributed by atoms with E-state index in [9.17, 15) is 9.59 Å². The average Bonchev–Trinajstić information content (AvgIpc) is 3.20. The Hall–Kier alpha value is -2.99. The Kier molecular flexibility index (Phi) is 6.55. The third-order valence-electron chi connectivity index (χ3n) is 4.15. The first-order valence-corrected chi connectivity index (χ1v) is 9.86. The fourth-order valence-corrected chi connectivity index (χ4v) is 3.51. The molecule has 0 radical (unpaired) electrons. The number of nitrogens with one attached hydrogen (secondary N) is 1. The molecule has 6 heteroatoms. The van der Waals surface area contributed by atoms with Gasteiger partial charge in [-0.2, -0.15) is 0 Å². The van der Waals surface area contributed by atoms with E-state index < -0.39 is 0 Å². The molecule has 3 rings (SSSR count). The van der Waals surface area contributed by atoms with E-state index in [1.165, 1.54) is 11.2 Å². The van der Waals surface area contributed by atoms with Gasteiger partial charge >= 0.3 is 0 Å². The Labute approximate surface area is 168 Å². The molecule has 3 aromatic rings. The summed E-state index contributed by atoms with van der Waals surface area (Å²) in [5, 5.41) is 2.87. The summed E-state index contributed by atoms with van der Waals surface area (Å²) < 4.78 is 5.40. The van der Waals surface area contributed by atoms with Gasteiger partial charge in [0.05, 0.1) is 6.26 Å². The molecule has 144 valence electrons. The molecule has 0 unspecified atom stereocenters. The molecule has 0 saturated carbocycles. The van der Waals surface area contributed by atoms with Crippen LogP contribution >= 0.6 is 11.8 Å². The van der Waals surface area contributed by atoms with Crippen molar-refractivity contribution in [3.63, 3.8) is 0 Å². The number of carbonyl (C=O) groups is 2. The van der Waals surface area contributed by atoms with Crippen molar-refractivity contribution < 1.29 is 14.0 Å². The van der Waals surface area contributed by atoms with Crippen LogP contribution < -0.4 is 5.32 Å². The number of hydrogen-bond donors (Lipinski definition) is 1. The van der Waals surface area contributed by atoms with Gasteiger partial charge in [-0.25, -0.2) is 0 Å². The summed E-state index contributed by atoms with van der Waals surface area (Å²) in [6, 6.07) is 19.1. The summed E-state index contributed by atoms with van der Waals surface area (Å²) in [7, 11) is 3.43. The Morgan fingerprint density at radius 2 is 1.71 bits per heavy atom. The molecule has 0 aliphatic rings. The highest BCUT2D eigenvalue weighted by atomic mass is 32.2. The molecule has 5 nitrogen and oxygen atoms in total. The van der Waals surface area contributed by atoms with Crippen LogP contribution in [0.3, 0.4) is 0 Å². The van der Waals surface area contributed by atoms with E-state index in [2.05, 4.69) is 5.32 Å². The number of rotatable bonds is 7. The Morgan fingerprint density at radius 1 is 1.00 bits per heavy atom. The standard InChI is InChI=1S/C22H22N2O3S/c1-24(2)22(26)17-10-8-16(9-11-17)14-23-21(25)20-18(12-13-27-20)15-28-19-6-4-3-5-7-19/h3-13H,14-15H2,1-2H3,(H,23,25). The van der Waals surface area contributed by atoms with Crippen molar-refractivity contribution in [1.82, 2.24) is 10.2 Å². The highest BCUT2D eigenvalue weighted by Gasteiger charge is 2.15. The number of thioether (sulfide) groups is 1. The van der Waals surface area contributed by atoms with Gasteiger partial charge in [-0.3, -0.25) is 9.59 Å². The summed E-state index contributed by atoms with van der Waals surface area (Å²) in [4.78, 5) is 27.1. The number of hydrogen-bond acceptors (Lipinski definition) is 4. The minimum absolute atomic E-state index is 0.0493. The van der Waals surface area contributed by atoms with Crippen LogP contribution in [-0.2, 0) is 12.3 Å². The van der Waals surface area contributed by atoms with E-state index in [1.54, 1.807) is 38.0 Å². The lowest BCUT2D eigenvalue weighted by Gasteiger charge is -2.11. The zero-order chi connectivity index (χ0) is 19.9. The first-order chi connectivity index (χ1) is 13.5. The van der Waals surface area contributed by atoms with Gasteiger partial charge in [0.25, 0.3) is 11.8 Å². The molecule has 0 spiro atoms. The second-order valence-corrected chi connectivity index (χ2v) is 7.50. The molecule has 1 heterocycles. The fraction of sp³-hybridized carbons (Fsp3) is 0.182. The number of furan rings is 1. The quantitative estimate of drug-likeness (QED) is 0.610. The first-order valence-electron chi connectivity index (χ1n) is 8.87. The van der Waals surface area contributed by atoms with E-state index in [4.69, 9.17) is 4.42 Å². The van der Waals surface area contributed by atoms with Crippen LogP contribution in [0.15, 0.2) is 76.2 Å².